The van der Waals surface area contributed by atoms with Crippen LogP contribution in [0.1, 0.15) is 37.1 Å². The number of carbonyl (C=O) groups is 2. The van der Waals surface area contributed by atoms with Crippen LogP contribution in [-0.4, -0.2) is 63.5 Å². The van der Waals surface area contributed by atoms with Crippen molar-refractivity contribution in [3.05, 3.63) is 5.01 Å². The van der Waals surface area contributed by atoms with Gasteiger partial charge in [-0.3, -0.25) is 20.3 Å². The zero-order valence-corrected chi connectivity index (χ0v) is 21.4. The first kappa shape index (κ1) is 29.0. The molecule has 2 saturated carbocycles. The van der Waals surface area contributed by atoms with Crippen molar-refractivity contribution < 1.29 is 35.9 Å². The van der Waals surface area contributed by atoms with Gasteiger partial charge in [0.15, 0.2) is 5.17 Å². The topological polar surface area (TPSA) is 120 Å². The Morgan fingerprint density at radius 3 is 2.14 bits per heavy atom. The molecule has 0 bridgehead atoms. The molecule has 1 aromatic heterocycles. The molecule has 1 atom stereocenters. The maximum atomic E-state index is 13.0. The number of amidine groups is 1. The van der Waals surface area contributed by atoms with Crippen LogP contribution in [0.2, 0.25) is 0 Å². The number of amides is 2. The van der Waals surface area contributed by atoms with Crippen LogP contribution in [0.3, 0.4) is 0 Å². The van der Waals surface area contributed by atoms with Crippen molar-refractivity contribution in [1.82, 2.24) is 20.8 Å². The molecule has 3 rings (SSSR count). The zero-order valence-electron chi connectivity index (χ0n) is 18.9. The highest BCUT2D eigenvalue weighted by Crippen LogP contribution is 2.58. The molecule has 0 aliphatic heterocycles. The van der Waals surface area contributed by atoms with Crippen molar-refractivity contribution in [2.24, 2.45) is 10.8 Å². The first-order valence-electron chi connectivity index (χ1n) is 10.8. The van der Waals surface area contributed by atoms with Crippen molar-refractivity contribution in [3.63, 3.8) is 0 Å². The van der Waals surface area contributed by atoms with Gasteiger partial charge in [0, 0.05) is 6.42 Å². The summed E-state index contributed by atoms with van der Waals surface area (Å²) in [6.07, 6.45) is -9.24. The van der Waals surface area contributed by atoms with Crippen molar-refractivity contribution >= 4 is 57.0 Å². The number of aromatic nitrogens is 2. The van der Waals surface area contributed by atoms with Gasteiger partial charge in [0.25, 0.3) is 0 Å². The lowest BCUT2D eigenvalue weighted by Gasteiger charge is -2.20. The van der Waals surface area contributed by atoms with E-state index in [1.165, 1.54) is 11.8 Å². The van der Waals surface area contributed by atoms with Gasteiger partial charge in [-0.05, 0) is 50.7 Å². The fourth-order valence-corrected chi connectivity index (χ4v) is 6.01. The summed E-state index contributed by atoms with van der Waals surface area (Å²) >= 11 is 3.46. The molecule has 1 heterocycles. The number of anilines is 1. The van der Waals surface area contributed by atoms with Gasteiger partial charge in [-0.25, -0.2) is 0 Å². The highest BCUT2D eigenvalue weighted by atomic mass is 32.2. The van der Waals surface area contributed by atoms with Crippen LogP contribution < -0.4 is 16.0 Å². The fourth-order valence-electron chi connectivity index (χ4n) is 3.26. The van der Waals surface area contributed by atoms with E-state index < -0.39 is 35.0 Å². The highest BCUT2D eigenvalue weighted by Gasteiger charge is 2.69. The van der Waals surface area contributed by atoms with Gasteiger partial charge in [0.05, 0.1) is 5.37 Å². The van der Waals surface area contributed by atoms with E-state index in [1.807, 2.05) is 5.32 Å². The molecule has 2 fully saturated rings. The van der Waals surface area contributed by atoms with Gasteiger partial charge in [-0.2, -0.15) is 38.1 Å². The predicted molar refractivity (Wildman–Crippen MR) is 126 cm³/mol. The van der Waals surface area contributed by atoms with E-state index in [4.69, 9.17) is 5.41 Å². The van der Waals surface area contributed by atoms with E-state index in [1.54, 1.807) is 7.05 Å². The van der Waals surface area contributed by atoms with E-state index in [0.717, 1.165) is 23.1 Å². The summed E-state index contributed by atoms with van der Waals surface area (Å²) in [6, 6.07) is 0. The van der Waals surface area contributed by atoms with Crippen LogP contribution in [0.5, 0.6) is 0 Å². The third-order valence-electron chi connectivity index (χ3n) is 5.94. The number of carbonyl (C=O) groups excluding carboxylic acids is 2. The molecule has 202 valence electrons. The van der Waals surface area contributed by atoms with Gasteiger partial charge in [0.1, 0.15) is 15.8 Å². The number of nitrogens with zero attached hydrogens (tertiary/aromatic N) is 2. The minimum Gasteiger partial charge on any atom is -0.308 e. The quantitative estimate of drug-likeness (QED) is 0.102. The zero-order chi connectivity index (χ0) is 26.8. The van der Waals surface area contributed by atoms with Gasteiger partial charge >= 0.3 is 12.4 Å². The van der Waals surface area contributed by atoms with Crippen LogP contribution in [0.15, 0.2) is 0 Å². The summed E-state index contributed by atoms with van der Waals surface area (Å²) in [5, 5.41) is 22.5. The number of alkyl halides is 6. The van der Waals surface area contributed by atoms with Gasteiger partial charge in [-0.15, -0.1) is 10.2 Å². The first-order chi connectivity index (χ1) is 16.7. The van der Waals surface area contributed by atoms with Gasteiger partial charge in [-0.1, -0.05) is 23.1 Å². The first-order valence-corrected chi connectivity index (χ1v) is 13.7. The molecule has 2 amide bonds. The largest absolute Gasteiger partial charge is 0.403 e. The van der Waals surface area contributed by atoms with E-state index in [0.29, 0.717) is 29.4 Å². The van der Waals surface area contributed by atoms with Crippen molar-refractivity contribution in [2.45, 2.75) is 56.3 Å². The number of thioether (sulfide) groups is 2. The minimum absolute atomic E-state index is 0.0150. The SMILES string of the molecule is CNC(CCSCCc1nnc(NC(=O)C2(C(F)(F)F)CC2)s1)SC(=N)NC(=O)C1(C(F)(F)F)CC1. The Morgan fingerprint density at radius 1 is 1.03 bits per heavy atom. The third kappa shape index (κ3) is 6.64. The maximum Gasteiger partial charge on any atom is 0.403 e. The molecule has 17 heteroatoms. The van der Waals surface area contributed by atoms with Crippen LogP contribution in [0, 0.1) is 16.2 Å². The summed E-state index contributed by atoms with van der Waals surface area (Å²) in [6.45, 7) is 0. The van der Waals surface area contributed by atoms with Crippen molar-refractivity contribution in [3.8, 4) is 0 Å². The molecule has 1 aromatic rings. The van der Waals surface area contributed by atoms with Crippen LogP contribution in [-0.2, 0) is 16.0 Å². The van der Waals surface area contributed by atoms with E-state index in [9.17, 15) is 35.9 Å². The average molecular weight is 579 g/mol. The lowest BCUT2D eigenvalue weighted by atomic mass is 10.1. The predicted octanol–water partition coefficient (Wildman–Crippen LogP) is 4.16. The number of hydrogen-bond donors (Lipinski definition) is 4. The van der Waals surface area contributed by atoms with Crippen LogP contribution in [0.25, 0.3) is 0 Å². The smallest absolute Gasteiger partial charge is 0.308 e. The molecular weight excluding hydrogens is 554 g/mol. The lowest BCUT2D eigenvalue weighted by molar-refractivity contribution is -0.192. The Morgan fingerprint density at radius 2 is 1.61 bits per heavy atom. The highest BCUT2D eigenvalue weighted by molar-refractivity contribution is 8.14. The second-order valence-electron chi connectivity index (χ2n) is 8.44. The Labute approximate surface area is 215 Å². The molecule has 36 heavy (non-hydrogen) atoms. The summed E-state index contributed by atoms with van der Waals surface area (Å²) in [5.74, 6) is -1.08. The monoisotopic (exact) mass is 578 g/mol. The van der Waals surface area contributed by atoms with Crippen molar-refractivity contribution in [2.75, 3.05) is 23.9 Å². The second kappa shape index (κ2) is 11.0. The third-order valence-corrected chi connectivity index (χ3v) is 8.94. The summed E-state index contributed by atoms with van der Waals surface area (Å²) < 4.78 is 78.1. The summed E-state index contributed by atoms with van der Waals surface area (Å²) in [4.78, 5) is 23.9. The van der Waals surface area contributed by atoms with E-state index >= 15 is 0 Å². The molecule has 0 aromatic carbocycles. The lowest BCUT2D eigenvalue weighted by Crippen LogP contribution is -2.43. The van der Waals surface area contributed by atoms with Gasteiger partial charge < -0.3 is 10.6 Å². The molecular formula is C19H24F6N6O2S3. The normalized spacial score (nSPS) is 18.9. The van der Waals surface area contributed by atoms with E-state index in [2.05, 4.69) is 20.8 Å². The molecule has 1 unspecified atom stereocenters. The molecule has 0 saturated heterocycles. The number of hydrogen-bond acceptors (Lipinski definition) is 9. The standard InChI is InChI=1S/C19H24F6N6O2S3/c1-27-10(35-14(26)28-12(32)16(4-5-16)18(20,21)22)2-8-34-9-3-11-30-31-15(36-11)29-13(33)17(6-7-17)19(23,24)25/h10,27H,2-9H2,1H3,(H2,26,28,32)(H,29,31,33). The van der Waals surface area contributed by atoms with Crippen LogP contribution >= 0.6 is 34.9 Å². The van der Waals surface area contributed by atoms with E-state index in [-0.39, 0.29) is 41.4 Å². The molecule has 0 spiro atoms. The maximum absolute atomic E-state index is 13.0. The Kier molecular flexibility index (Phi) is 8.88. The number of halogens is 6. The average Bonchev–Trinajstić information content (AvgIpc) is 3.68. The van der Waals surface area contributed by atoms with Crippen LogP contribution in [0.4, 0.5) is 31.5 Å². The molecule has 0 radical (unpaired) electrons. The number of nitrogens with one attached hydrogen (secondary N) is 4. The number of rotatable bonds is 11. The summed E-state index contributed by atoms with van der Waals surface area (Å²) in [5.41, 5.74) is -4.71. The van der Waals surface area contributed by atoms with Gasteiger partial charge in [0.2, 0.25) is 16.9 Å². The van der Waals surface area contributed by atoms with Crippen molar-refractivity contribution in [1.29, 1.82) is 5.41 Å². The Balaban J connectivity index is 1.34. The molecule has 4 N–H and O–H groups in total. The Hall–Kier alpha value is -1.59. The molecule has 2 aliphatic rings. The molecule has 8 nitrogen and oxygen atoms in total. The minimum atomic E-state index is -4.64. The number of aryl methyl sites for hydroxylation is 1. The Bertz CT molecular complexity index is 978. The second-order valence-corrected chi connectivity index (χ2v) is 11.9. The summed E-state index contributed by atoms with van der Waals surface area (Å²) in [7, 11) is 1.64. The molecule has 2 aliphatic carbocycles. The fraction of sp³-hybridized carbons (Fsp3) is 0.737.